The van der Waals surface area contributed by atoms with Gasteiger partial charge in [0.25, 0.3) is 0 Å². The Kier molecular flexibility index (Phi) is 2.68. The third kappa shape index (κ3) is 2.87. The molecule has 3 nitrogen and oxygen atoms in total. The Balaban J connectivity index is 2.94. The first kappa shape index (κ1) is 9.74. The zero-order chi connectivity index (χ0) is 9.90. The molecule has 13 heavy (non-hydrogen) atoms. The Morgan fingerprint density at radius 1 is 1.38 bits per heavy atom. The summed E-state index contributed by atoms with van der Waals surface area (Å²) in [4.78, 5) is 10.5. The summed E-state index contributed by atoms with van der Waals surface area (Å²) >= 11 is 0. The van der Waals surface area contributed by atoms with Crippen LogP contribution in [0.5, 0.6) is 5.75 Å². The van der Waals surface area contributed by atoms with Crippen LogP contribution in [0.25, 0.3) is 0 Å². The van der Waals surface area contributed by atoms with Crippen molar-refractivity contribution in [2.24, 2.45) is 0 Å². The number of para-hydroxylation sites is 1. The monoisotopic (exact) mass is 179 g/mol. The van der Waals surface area contributed by atoms with Crippen LogP contribution in [0.15, 0.2) is 24.3 Å². The van der Waals surface area contributed by atoms with Gasteiger partial charge in [0, 0.05) is 5.79 Å². The average Bonchev–Trinajstić information content (AvgIpc) is 2.02. The highest BCUT2D eigenvalue weighted by molar-refractivity contribution is 5.79. The first-order chi connectivity index (χ1) is 6.03. The van der Waals surface area contributed by atoms with Gasteiger partial charge in [-0.25, -0.2) is 0 Å². The fourth-order valence-corrected chi connectivity index (χ4v) is 0.936. The summed E-state index contributed by atoms with van der Waals surface area (Å²) in [5, 5.41) is 11.2. The number of hydrogen-bond donors (Lipinski definition) is 0. The van der Waals surface area contributed by atoms with Crippen molar-refractivity contribution in [3.05, 3.63) is 29.8 Å². The van der Waals surface area contributed by atoms with Crippen molar-refractivity contribution in [2.45, 2.75) is 19.6 Å². The van der Waals surface area contributed by atoms with Crippen LogP contribution < -0.4 is 9.84 Å². The minimum absolute atomic E-state index is 0.331. The Morgan fingerprint density at radius 3 is 2.54 bits per heavy atom. The molecule has 0 heterocycles. The summed E-state index contributed by atoms with van der Waals surface area (Å²) in [6.45, 7) is 2.79. The molecule has 0 aromatic heterocycles. The second-order valence-electron chi connectivity index (χ2n) is 3.16. The highest BCUT2D eigenvalue weighted by Gasteiger charge is 2.07. The summed E-state index contributed by atoms with van der Waals surface area (Å²) in [6.07, 6.45) is 0.668. The SMILES string of the molecule is CC(C)([O-])Oc1ccccc1C=O. The van der Waals surface area contributed by atoms with E-state index in [0.29, 0.717) is 17.6 Å². The van der Waals surface area contributed by atoms with Crippen LogP contribution in [0.4, 0.5) is 0 Å². The van der Waals surface area contributed by atoms with Crippen LogP contribution in [0, 0.1) is 0 Å². The van der Waals surface area contributed by atoms with Crippen molar-refractivity contribution >= 4 is 6.29 Å². The van der Waals surface area contributed by atoms with E-state index in [9.17, 15) is 9.90 Å². The highest BCUT2D eigenvalue weighted by atomic mass is 16.6. The molecule has 0 radical (unpaired) electrons. The summed E-state index contributed by atoms with van der Waals surface area (Å²) in [6, 6.07) is 6.64. The molecule has 0 N–H and O–H groups in total. The van der Waals surface area contributed by atoms with Crippen LogP contribution in [-0.2, 0) is 0 Å². The largest absolute Gasteiger partial charge is 0.819 e. The van der Waals surface area contributed by atoms with E-state index in [0.717, 1.165) is 0 Å². The van der Waals surface area contributed by atoms with Gasteiger partial charge in [0.15, 0.2) is 6.29 Å². The van der Waals surface area contributed by atoms with Crippen LogP contribution in [0.3, 0.4) is 0 Å². The van der Waals surface area contributed by atoms with Crippen molar-refractivity contribution in [1.82, 2.24) is 0 Å². The molecule has 0 unspecified atom stereocenters. The quantitative estimate of drug-likeness (QED) is 0.513. The minimum Gasteiger partial charge on any atom is -0.819 e. The Labute approximate surface area is 77.0 Å². The molecule has 0 fully saturated rings. The third-order valence-corrected chi connectivity index (χ3v) is 1.40. The molecule has 1 aromatic rings. The standard InChI is InChI=1S/C10H11O3/c1-10(2,12)13-9-6-4-3-5-8(9)7-11/h3-7H,1-2H3/q-1. The van der Waals surface area contributed by atoms with E-state index in [2.05, 4.69) is 0 Å². The normalized spacial score (nSPS) is 11.0. The number of carbonyl (C=O) groups is 1. The van der Waals surface area contributed by atoms with Crippen molar-refractivity contribution in [3.63, 3.8) is 0 Å². The molecule has 1 aromatic carbocycles. The molecule has 70 valence electrons. The predicted octanol–water partition coefficient (Wildman–Crippen LogP) is 0.974. The fourth-order valence-electron chi connectivity index (χ4n) is 0.936. The molecule has 0 saturated heterocycles. The lowest BCUT2D eigenvalue weighted by molar-refractivity contribution is -0.523. The van der Waals surface area contributed by atoms with E-state index in [4.69, 9.17) is 4.74 Å². The number of carbonyl (C=O) groups excluding carboxylic acids is 1. The Morgan fingerprint density at radius 2 is 2.00 bits per heavy atom. The molecule has 0 aliphatic carbocycles. The van der Waals surface area contributed by atoms with Gasteiger partial charge >= 0.3 is 0 Å². The molecule has 0 aliphatic rings. The third-order valence-electron chi connectivity index (χ3n) is 1.40. The second kappa shape index (κ2) is 3.58. The van der Waals surface area contributed by atoms with Crippen molar-refractivity contribution < 1.29 is 14.6 Å². The maximum absolute atomic E-state index is 11.2. The smallest absolute Gasteiger partial charge is 0.153 e. The van der Waals surface area contributed by atoms with Gasteiger partial charge in [0.2, 0.25) is 0 Å². The van der Waals surface area contributed by atoms with Crippen LogP contribution in [-0.4, -0.2) is 12.1 Å². The lowest BCUT2D eigenvalue weighted by Gasteiger charge is -2.32. The van der Waals surface area contributed by atoms with Gasteiger partial charge in [-0.3, -0.25) is 4.79 Å². The maximum Gasteiger partial charge on any atom is 0.153 e. The maximum atomic E-state index is 11.2. The van der Waals surface area contributed by atoms with Gasteiger partial charge in [-0.05, 0) is 26.0 Å². The van der Waals surface area contributed by atoms with E-state index in [-0.39, 0.29) is 0 Å². The molecule has 0 amide bonds. The number of ether oxygens (including phenoxy) is 1. The summed E-state index contributed by atoms with van der Waals surface area (Å²) in [5.41, 5.74) is 0.395. The molecule has 3 heteroatoms. The molecule has 0 atom stereocenters. The Hall–Kier alpha value is -1.35. The van der Waals surface area contributed by atoms with Gasteiger partial charge in [0.05, 0.1) is 5.56 Å². The van der Waals surface area contributed by atoms with Crippen molar-refractivity contribution in [3.8, 4) is 5.75 Å². The molecular weight excluding hydrogens is 168 g/mol. The van der Waals surface area contributed by atoms with E-state index in [1.54, 1.807) is 24.3 Å². The summed E-state index contributed by atoms with van der Waals surface area (Å²) in [5.74, 6) is -1.18. The van der Waals surface area contributed by atoms with Crippen LogP contribution in [0.1, 0.15) is 24.2 Å². The molecule has 0 saturated carbocycles. The van der Waals surface area contributed by atoms with Crippen LogP contribution >= 0.6 is 0 Å². The lowest BCUT2D eigenvalue weighted by Crippen LogP contribution is -2.43. The summed E-state index contributed by atoms with van der Waals surface area (Å²) < 4.78 is 5.04. The molecule has 0 bridgehead atoms. The highest BCUT2D eigenvalue weighted by Crippen LogP contribution is 2.18. The number of rotatable bonds is 3. The van der Waals surface area contributed by atoms with E-state index < -0.39 is 5.79 Å². The molecular formula is C10H11O3-. The minimum atomic E-state index is -1.51. The van der Waals surface area contributed by atoms with Crippen LogP contribution in [0.2, 0.25) is 0 Å². The first-order valence-corrected chi connectivity index (χ1v) is 3.96. The van der Waals surface area contributed by atoms with E-state index >= 15 is 0 Å². The van der Waals surface area contributed by atoms with Crippen molar-refractivity contribution in [2.75, 3.05) is 0 Å². The summed E-state index contributed by atoms with van der Waals surface area (Å²) in [7, 11) is 0. The molecule has 0 spiro atoms. The number of benzene rings is 1. The first-order valence-electron chi connectivity index (χ1n) is 3.96. The second-order valence-corrected chi connectivity index (χ2v) is 3.16. The van der Waals surface area contributed by atoms with Gasteiger partial charge in [-0.1, -0.05) is 12.1 Å². The lowest BCUT2D eigenvalue weighted by atomic mass is 10.2. The van der Waals surface area contributed by atoms with Gasteiger partial charge in [0.1, 0.15) is 5.75 Å². The zero-order valence-electron chi connectivity index (χ0n) is 7.61. The average molecular weight is 179 g/mol. The Bertz CT molecular complexity index is 299. The van der Waals surface area contributed by atoms with E-state index in [1.165, 1.54) is 13.8 Å². The fraction of sp³-hybridized carbons (Fsp3) is 0.300. The predicted molar refractivity (Wildman–Crippen MR) is 46.5 cm³/mol. The number of hydrogen-bond acceptors (Lipinski definition) is 3. The van der Waals surface area contributed by atoms with Gasteiger partial charge < -0.3 is 9.84 Å². The number of aldehydes is 1. The zero-order valence-corrected chi connectivity index (χ0v) is 7.61. The topological polar surface area (TPSA) is 49.4 Å². The molecule has 1 rings (SSSR count). The van der Waals surface area contributed by atoms with Crippen molar-refractivity contribution in [1.29, 1.82) is 0 Å². The van der Waals surface area contributed by atoms with Gasteiger partial charge in [-0.2, -0.15) is 0 Å². The van der Waals surface area contributed by atoms with Gasteiger partial charge in [-0.15, -0.1) is 0 Å². The van der Waals surface area contributed by atoms with E-state index in [1.807, 2.05) is 0 Å². The molecule has 0 aliphatic heterocycles.